The Morgan fingerprint density at radius 2 is 1.65 bits per heavy atom. The standard InChI is InChI=1S/C15H15NO/c17-14-10-11-6-4-5-9-13(11)15(14)16-12-7-2-1-3-8-12/h1-9,14-17H,10H2/t14-,15+/m0/s1. The number of anilines is 1. The minimum atomic E-state index is -0.340. The third-order valence-corrected chi connectivity index (χ3v) is 3.30. The number of rotatable bonds is 2. The molecule has 86 valence electrons. The molecule has 0 radical (unpaired) electrons. The second-order valence-corrected chi connectivity index (χ2v) is 4.46. The van der Waals surface area contributed by atoms with Crippen molar-refractivity contribution in [2.45, 2.75) is 18.6 Å². The predicted octanol–water partition coefficient (Wildman–Crippen LogP) is 2.76. The van der Waals surface area contributed by atoms with Gasteiger partial charge in [-0.3, -0.25) is 0 Å². The molecule has 0 bridgehead atoms. The minimum absolute atomic E-state index is 0.00796. The van der Waals surface area contributed by atoms with Crippen molar-refractivity contribution >= 4 is 5.69 Å². The van der Waals surface area contributed by atoms with Gasteiger partial charge in [0, 0.05) is 12.1 Å². The van der Waals surface area contributed by atoms with Gasteiger partial charge in [0.2, 0.25) is 0 Å². The average Bonchev–Trinajstić information content (AvgIpc) is 2.68. The lowest BCUT2D eigenvalue weighted by molar-refractivity contribution is 0.166. The van der Waals surface area contributed by atoms with Gasteiger partial charge in [-0.2, -0.15) is 0 Å². The van der Waals surface area contributed by atoms with Gasteiger partial charge in [-0.25, -0.2) is 0 Å². The van der Waals surface area contributed by atoms with Crippen molar-refractivity contribution < 1.29 is 5.11 Å². The Bertz CT molecular complexity index is 509. The fourth-order valence-electron chi connectivity index (χ4n) is 2.46. The molecule has 0 saturated heterocycles. The number of hydrogen-bond acceptors (Lipinski definition) is 2. The van der Waals surface area contributed by atoms with Crippen LogP contribution in [0, 0.1) is 0 Å². The minimum Gasteiger partial charge on any atom is -0.390 e. The average molecular weight is 225 g/mol. The molecule has 2 atom stereocenters. The maximum atomic E-state index is 10.1. The molecule has 0 saturated carbocycles. The second-order valence-electron chi connectivity index (χ2n) is 4.46. The molecule has 17 heavy (non-hydrogen) atoms. The molecule has 0 fully saturated rings. The van der Waals surface area contributed by atoms with Crippen LogP contribution in [-0.2, 0) is 6.42 Å². The van der Waals surface area contributed by atoms with Crippen LogP contribution in [0.5, 0.6) is 0 Å². The van der Waals surface area contributed by atoms with Crippen molar-refractivity contribution in [3.8, 4) is 0 Å². The molecule has 2 nitrogen and oxygen atoms in total. The summed E-state index contributed by atoms with van der Waals surface area (Å²) in [4.78, 5) is 0. The number of nitrogens with one attached hydrogen (secondary N) is 1. The number of aliphatic hydroxyl groups is 1. The van der Waals surface area contributed by atoms with Gasteiger partial charge in [-0.05, 0) is 23.3 Å². The van der Waals surface area contributed by atoms with Gasteiger partial charge in [-0.15, -0.1) is 0 Å². The molecule has 0 spiro atoms. The molecule has 0 aromatic heterocycles. The van der Waals surface area contributed by atoms with E-state index in [0.717, 1.165) is 12.1 Å². The first-order valence-electron chi connectivity index (χ1n) is 5.92. The Kier molecular flexibility index (Phi) is 2.57. The van der Waals surface area contributed by atoms with Crippen LogP contribution in [0.2, 0.25) is 0 Å². The Morgan fingerprint density at radius 3 is 2.47 bits per heavy atom. The zero-order valence-electron chi connectivity index (χ0n) is 9.51. The Balaban J connectivity index is 1.89. The van der Waals surface area contributed by atoms with E-state index >= 15 is 0 Å². The van der Waals surface area contributed by atoms with Crippen molar-refractivity contribution in [1.29, 1.82) is 0 Å². The first-order valence-corrected chi connectivity index (χ1v) is 5.92. The van der Waals surface area contributed by atoms with E-state index < -0.39 is 0 Å². The van der Waals surface area contributed by atoms with Crippen molar-refractivity contribution in [3.05, 3.63) is 65.7 Å². The number of hydrogen-bond donors (Lipinski definition) is 2. The van der Waals surface area contributed by atoms with Crippen LogP contribution in [0.4, 0.5) is 5.69 Å². The van der Waals surface area contributed by atoms with E-state index in [0.29, 0.717) is 0 Å². The maximum Gasteiger partial charge on any atom is 0.0823 e. The molecule has 0 amide bonds. The quantitative estimate of drug-likeness (QED) is 0.823. The van der Waals surface area contributed by atoms with E-state index in [2.05, 4.69) is 17.4 Å². The molecular formula is C15H15NO. The highest BCUT2D eigenvalue weighted by Gasteiger charge is 2.30. The first kappa shape index (κ1) is 10.4. The lowest BCUT2D eigenvalue weighted by Gasteiger charge is -2.19. The smallest absolute Gasteiger partial charge is 0.0823 e. The molecule has 2 heteroatoms. The van der Waals surface area contributed by atoms with Crippen LogP contribution in [-0.4, -0.2) is 11.2 Å². The van der Waals surface area contributed by atoms with Crippen LogP contribution in [0.3, 0.4) is 0 Å². The second kappa shape index (κ2) is 4.22. The SMILES string of the molecule is O[C@H]1Cc2ccccc2[C@H]1Nc1ccccc1. The summed E-state index contributed by atoms with van der Waals surface area (Å²) in [5.74, 6) is 0. The third-order valence-electron chi connectivity index (χ3n) is 3.30. The van der Waals surface area contributed by atoms with Gasteiger partial charge < -0.3 is 10.4 Å². The zero-order chi connectivity index (χ0) is 11.7. The molecule has 0 unspecified atom stereocenters. The van der Waals surface area contributed by atoms with Crippen molar-refractivity contribution in [2.75, 3.05) is 5.32 Å². The predicted molar refractivity (Wildman–Crippen MR) is 69.0 cm³/mol. The molecular weight excluding hydrogens is 210 g/mol. The Hall–Kier alpha value is -1.80. The van der Waals surface area contributed by atoms with E-state index in [1.807, 2.05) is 42.5 Å². The molecule has 0 aliphatic heterocycles. The van der Waals surface area contributed by atoms with Crippen LogP contribution < -0.4 is 5.32 Å². The van der Waals surface area contributed by atoms with Gasteiger partial charge in [0.1, 0.15) is 0 Å². The van der Waals surface area contributed by atoms with E-state index in [9.17, 15) is 5.11 Å². The highest BCUT2D eigenvalue weighted by atomic mass is 16.3. The fourth-order valence-corrected chi connectivity index (χ4v) is 2.46. The maximum absolute atomic E-state index is 10.1. The molecule has 2 N–H and O–H groups in total. The van der Waals surface area contributed by atoms with Crippen molar-refractivity contribution in [2.24, 2.45) is 0 Å². The summed E-state index contributed by atoms with van der Waals surface area (Å²) >= 11 is 0. The lowest BCUT2D eigenvalue weighted by atomic mass is 10.1. The van der Waals surface area contributed by atoms with Gasteiger partial charge >= 0.3 is 0 Å². The van der Waals surface area contributed by atoms with Gasteiger partial charge in [0.15, 0.2) is 0 Å². The topological polar surface area (TPSA) is 32.3 Å². The summed E-state index contributed by atoms with van der Waals surface area (Å²) in [5, 5.41) is 13.5. The number of para-hydroxylation sites is 1. The van der Waals surface area contributed by atoms with E-state index in [-0.39, 0.29) is 12.1 Å². The first-order chi connectivity index (χ1) is 8.34. The summed E-state index contributed by atoms with van der Waals surface area (Å²) < 4.78 is 0. The van der Waals surface area contributed by atoms with Gasteiger partial charge in [-0.1, -0.05) is 42.5 Å². The molecule has 2 aromatic carbocycles. The highest BCUT2D eigenvalue weighted by Crippen LogP contribution is 2.33. The zero-order valence-corrected chi connectivity index (χ0v) is 9.51. The highest BCUT2D eigenvalue weighted by molar-refractivity contribution is 5.49. The van der Waals surface area contributed by atoms with Crippen molar-refractivity contribution in [3.63, 3.8) is 0 Å². The van der Waals surface area contributed by atoms with Crippen LogP contribution in [0.1, 0.15) is 17.2 Å². The fraction of sp³-hybridized carbons (Fsp3) is 0.200. The summed E-state index contributed by atoms with van der Waals surface area (Å²) in [6, 6.07) is 18.3. The summed E-state index contributed by atoms with van der Waals surface area (Å²) in [5.41, 5.74) is 3.51. The number of aliphatic hydroxyl groups excluding tert-OH is 1. The summed E-state index contributed by atoms with van der Waals surface area (Å²) in [6.45, 7) is 0. The van der Waals surface area contributed by atoms with Gasteiger partial charge in [0.05, 0.1) is 12.1 Å². The molecule has 3 rings (SSSR count). The van der Waals surface area contributed by atoms with E-state index in [4.69, 9.17) is 0 Å². The van der Waals surface area contributed by atoms with E-state index in [1.54, 1.807) is 0 Å². The molecule has 0 heterocycles. The monoisotopic (exact) mass is 225 g/mol. The number of fused-ring (bicyclic) bond motifs is 1. The normalized spacial score (nSPS) is 22.2. The number of benzene rings is 2. The largest absolute Gasteiger partial charge is 0.390 e. The Labute approximate surface area is 101 Å². The molecule has 1 aliphatic carbocycles. The van der Waals surface area contributed by atoms with Crippen LogP contribution in [0.15, 0.2) is 54.6 Å². The van der Waals surface area contributed by atoms with Crippen LogP contribution >= 0.6 is 0 Å². The molecule has 1 aliphatic rings. The summed E-state index contributed by atoms with van der Waals surface area (Å²) in [6.07, 6.45) is 0.397. The molecule has 2 aromatic rings. The van der Waals surface area contributed by atoms with Crippen LogP contribution in [0.25, 0.3) is 0 Å². The Morgan fingerprint density at radius 1 is 0.941 bits per heavy atom. The van der Waals surface area contributed by atoms with Gasteiger partial charge in [0.25, 0.3) is 0 Å². The van der Waals surface area contributed by atoms with E-state index in [1.165, 1.54) is 11.1 Å². The van der Waals surface area contributed by atoms with Crippen molar-refractivity contribution in [1.82, 2.24) is 0 Å². The summed E-state index contributed by atoms with van der Waals surface area (Å²) in [7, 11) is 0. The third kappa shape index (κ3) is 1.92. The lowest BCUT2D eigenvalue weighted by Crippen LogP contribution is -2.21.